The lowest BCUT2D eigenvalue weighted by Crippen LogP contribution is -2.52. The van der Waals surface area contributed by atoms with Crippen LogP contribution in [-0.4, -0.2) is 53.3 Å². The molecule has 0 bridgehead atoms. The molecule has 9 heteroatoms. The number of halogens is 2. The van der Waals surface area contributed by atoms with E-state index in [9.17, 15) is 23.2 Å². The van der Waals surface area contributed by atoms with Crippen LogP contribution < -0.4 is 15.4 Å². The lowest BCUT2D eigenvalue weighted by Gasteiger charge is -2.37. The zero-order valence-electron chi connectivity index (χ0n) is 19.2. The van der Waals surface area contributed by atoms with E-state index in [1.54, 1.807) is 12.1 Å². The maximum atomic E-state index is 13.2. The molecule has 5 rings (SSSR count). The van der Waals surface area contributed by atoms with Crippen LogP contribution in [0, 0.1) is 5.92 Å². The SMILES string of the molecule is O=C1CCC(N2Cc3cc(OC4CCCCCC4NCC4CC(F)(F)C4)ccc3C2=O)C(=O)N1. The Hall–Kier alpha value is -2.55. The molecule has 3 amide bonds. The number of nitrogens with one attached hydrogen (secondary N) is 2. The fourth-order valence-corrected chi connectivity index (χ4v) is 5.69. The van der Waals surface area contributed by atoms with Gasteiger partial charge in [-0.15, -0.1) is 0 Å². The van der Waals surface area contributed by atoms with Crippen molar-refractivity contribution in [2.24, 2.45) is 5.92 Å². The van der Waals surface area contributed by atoms with Gasteiger partial charge in [0.05, 0.1) is 0 Å². The zero-order valence-corrected chi connectivity index (χ0v) is 19.2. The van der Waals surface area contributed by atoms with Crippen molar-refractivity contribution in [3.8, 4) is 5.75 Å². The molecule has 0 aromatic heterocycles. The summed E-state index contributed by atoms with van der Waals surface area (Å²) >= 11 is 0. The number of benzene rings is 1. The van der Waals surface area contributed by atoms with Crippen molar-refractivity contribution in [1.82, 2.24) is 15.5 Å². The molecule has 7 nitrogen and oxygen atoms in total. The molecular formula is C25H31F2N3O4. The van der Waals surface area contributed by atoms with Crippen molar-refractivity contribution in [2.75, 3.05) is 6.54 Å². The van der Waals surface area contributed by atoms with Crippen LogP contribution in [-0.2, 0) is 16.1 Å². The number of nitrogens with zero attached hydrogens (tertiary/aromatic N) is 1. The van der Waals surface area contributed by atoms with Crippen LogP contribution in [0.25, 0.3) is 0 Å². The van der Waals surface area contributed by atoms with Crippen LogP contribution in [0.1, 0.15) is 73.7 Å². The van der Waals surface area contributed by atoms with Gasteiger partial charge in [0.1, 0.15) is 17.9 Å². The summed E-state index contributed by atoms with van der Waals surface area (Å²) in [6.07, 6.45) is 5.49. The number of ether oxygens (including phenoxy) is 1. The van der Waals surface area contributed by atoms with Gasteiger partial charge in [-0.25, -0.2) is 8.78 Å². The normalized spacial score (nSPS) is 29.3. The molecule has 2 heterocycles. The summed E-state index contributed by atoms with van der Waals surface area (Å²) in [5.41, 5.74) is 1.36. The molecule has 0 spiro atoms. The maximum absolute atomic E-state index is 13.2. The number of imide groups is 1. The number of alkyl halides is 2. The summed E-state index contributed by atoms with van der Waals surface area (Å²) in [7, 11) is 0. The molecule has 2 aliphatic carbocycles. The van der Waals surface area contributed by atoms with E-state index in [1.807, 2.05) is 6.07 Å². The van der Waals surface area contributed by atoms with Crippen LogP contribution in [0.5, 0.6) is 5.75 Å². The molecular weight excluding hydrogens is 444 g/mol. The number of fused-ring (bicyclic) bond motifs is 1. The van der Waals surface area contributed by atoms with Gasteiger partial charge < -0.3 is 15.0 Å². The van der Waals surface area contributed by atoms with Gasteiger partial charge in [-0.05, 0) is 61.9 Å². The second-order valence-electron chi connectivity index (χ2n) is 10.2. The largest absolute Gasteiger partial charge is 0.489 e. The molecule has 1 saturated heterocycles. The van der Waals surface area contributed by atoms with Crippen LogP contribution in [0.3, 0.4) is 0 Å². The first-order valence-electron chi connectivity index (χ1n) is 12.3. The molecule has 2 aliphatic heterocycles. The van der Waals surface area contributed by atoms with Crippen molar-refractivity contribution in [1.29, 1.82) is 0 Å². The third kappa shape index (κ3) is 4.80. The molecule has 1 aromatic carbocycles. The minimum absolute atomic E-state index is 0.0168. The van der Waals surface area contributed by atoms with Crippen LogP contribution in [0.2, 0.25) is 0 Å². The minimum atomic E-state index is -2.50. The molecule has 1 aromatic rings. The van der Waals surface area contributed by atoms with E-state index >= 15 is 0 Å². The summed E-state index contributed by atoms with van der Waals surface area (Å²) in [6, 6.07) is 4.86. The number of hydrogen-bond donors (Lipinski definition) is 2. The van der Waals surface area contributed by atoms with E-state index in [1.165, 1.54) is 4.90 Å². The third-order valence-electron chi connectivity index (χ3n) is 7.58. The summed E-state index contributed by atoms with van der Waals surface area (Å²) in [5.74, 6) is -2.75. The Labute approximate surface area is 197 Å². The smallest absolute Gasteiger partial charge is 0.255 e. The van der Waals surface area contributed by atoms with Gasteiger partial charge in [-0.3, -0.25) is 19.7 Å². The minimum Gasteiger partial charge on any atom is -0.489 e. The Balaban J connectivity index is 1.24. The molecule has 4 aliphatic rings. The van der Waals surface area contributed by atoms with Crippen LogP contribution in [0.15, 0.2) is 18.2 Å². The standard InChI is InChI=1S/C25H31F2N3O4/c26-25(27)11-15(12-25)13-28-19-4-2-1-3-5-21(19)34-17-6-7-18-16(10-17)14-30(24(18)33)20-8-9-22(31)29-23(20)32/h6-7,10,15,19-21,28H,1-5,8-9,11-14H2,(H,29,31,32). The van der Waals surface area contributed by atoms with Gasteiger partial charge in [-0.2, -0.15) is 0 Å². The fraction of sp³-hybridized carbons (Fsp3) is 0.640. The molecule has 2 N–H and O–H groups in total. The van der Waals surface area contributed by atoms with E-state index in [0.717, 1.165) is 37.7 Å². The average molecular weight is 476 g/mol. The molecule has 0 radical (unpaired) electrons. The van der Waals surface area contributed by atoms with Crippen molar-refractivity contribution in [3.05, 3.63) is 29.3 Å². The van der Waals surface area contributed by atoms with Crippen molar-refractivity contribution in [2.45, 2.75) is 88.4 Å². The average Bonchev–Trinajstić information content (AvgIpc) is 2.93. The zero-order chi connectivity index (χ0) is 23.9. The van der Waals surface area contributed by atoms with E-state index in [4.69, 9.17) is 4.74 Å². The van der Waals surface area contributed by atoms with Crippen molar-refractivity contribution in [3.63, 3.8) is 0 Å². The van der Waals surface area contributed by atoms with E-state index < -0.39 is 17.9 Å². The van der Waals surface area contributed by atoms with Gasteiger partial charge in [0.15, 0.2) is 0 Å². The Morgan fingerprint density at radius 1 is 1.09 bits per heavy atom. The first-order valence-corrected chi connectivity index (χ1v) is 12.3. The Bertz CT molecular complexity index is 977. The van der Waals surface area contributed by atoms with Gasteiger partial charge in [0.25, 0.3) is 5.91 Å². The molecule has 34 heavy (non-hydrogen) atoms. The molecule has 184 valence electrons. The summed E-state index contributed by atoms with van der Waals surface area (Å²) in [6.45, 7) is 0.888. The van der Waals surface area contributed by atoms with Crippen molar-refractivity contribution < 1.29 is 27.9 Å². The van der Waals surface area contributed by atoms with Gasteiger partial charge >= 0.3 is 0 Å². The number of piperidine rings is 1. The second kappa shape index (κ2) is 9.24. The lowest BCUT2D eigenvalue weighted by atomic mass is 9.81. The first-order chi connectivity index (χ1) is 16.3. The predicted octanol–water partition coefficient (Wildman–Crippen LogP) is 3.16. The molecule has 3 unspecified atom stereocenters. The molecule has 2 saturated carbocycles. The molecule has 3 atom stereocenters. The van der Waals surface area contributed by atoms with E-state index in [-0.39, 0.29) is 49.1 Å². The third-order valence-corrected chi connectivity index (χ3v) is 7.58. The Morgan fingerprint density at radius 2 is 1.88 bits per heavy atom. The Morgan fingerprint density at radius 3 is 2.65 bits per heavy atom. The fourth-order valence-electron chi connectivity index (χ4n) is 5.69. The monoisotopic (exact) mass is 475 g/mol. The summed E-state index contributed by atoms with van der Waals surface area (Å²) in [5, 5.41) is 5.81. The highest BCUT2D eigenvalue weighted by atomic mass is 19.3. The quantitative estimate of drug-likeness (QED) is 0.488. The number of carbonyl (C=O) groups is 3. The number of amides is 3. The highest BCUT2D eigenvalue weighted by Crippen LogP contribution is 2.42. The number of hydrogen-bond acceptors (Lipinski definition) is 5. The number of carbonyl (C=O) groups excluding carboxylic acids is 3. The highest BCUT2D eigenvalue weighted by molar-refractivity contribution is 6.05. The van der Waals surface area contributed by atoms with E-state index in [0.29, 0.717) is 30.8 Å². The van der Waals surface area contributed by atoms with Gasteiger partial charge in [0.2, 0.25) is 17.7 Å². The highest BCUT2D eigenvalue weighted by Gasteiger charge is 2.45. The summed E-state index contributed by atoms with van der Waals surface area (Å²) < 4.78 is 32.8. The maximum Gasteiger partial charge on any atom is 0.255 e. The van der Waals surface area contributed by atoms with Gasteiger partial charge in [0, 0.05) is 37.4 Å². The summed E-state index contributed by atoms with van der Waals surface area (Å²) in [4.78, 5) is 38.2. The second-order valence-corrected chi connectivity index (χ2v) is 10.2. The predicted molar refractivity (Wildman–Crippen MR) is 119 cm³/mol. The lowest BCUT2D eigenvalue weighted by molar-refractivity contribution is -0.136. The van der Waals surface area contributed by atoms with Crippen LogP contribution >= 0.6 is 0 Å². The topological polar surface area (TPSA) is 87.7 Å². The number of rotatable bonds is 6. The molecule has 3 fully saturated rings. The van der Waals surface area contributed by atoms with E-state index in [2.05, 4.69) is 10.6 Å². The van der Waals surface area contributed by atoms with Crippen molar-refractivity contribution >= 4 is 17.7 Å². The van der Waals surface area contributed by atoms with Gasteiger partial charge in [-0.1, -0.05) is 12.8 Å². The van der Waals surface area contributed by atoms with Crippen LogP contribution in [0.4, 0.5) is 8.78 Å². The Kier molecular flexibility index (Phi) is 6.31. The first kappa shape index (κ1) is 23.2.